The first-order valence-electron chi connectivity index (χ1n) is 10.5. The number of aliphatic carboxylic acids is 1. The van der Waals surface area contributed by atoms with Gasteiger partial charge >= 0.3 is 12.1 Å². The van der Waals surface area contributed by atoms with Crippen LogP contribution in [0.3, 0.4) is 0 Å². The average Bonchev–Trinajstić information content (AvgIpc) is 2.79. The highest BCUT2D eigenvalue weighted by atomic mass is 19.1. The Hall–Kier alpha value is -3.67. The molecule has 0 aliphatic carbocycles. The molecule has 4 rings (SSSR count). The summed E-state index contributed by atoms with van der Waals surface area (Å²) >= 11 is 0. The van der Waals surface area contributed by atoms with E-state index in [2.05, 4.69) is 0 Å². The van der Waals surface area contributed by atoms with Crippen LogP contribution < -0.4 is 0 Å². The van der Waals surface area contributed by atoms with E-state index in [4.69, 9.17) is 9.84 Å². The van der Waals surface area contributed by atoms with Gasteiger partial charge in [-0.05, 0) is 58.4 Å². The van der Waals surface area contributed by atoms with Crippen LogP contribution in [-0.2, 0) is 35.5 Å². The van der Waals surface area contributed by atoms with Gasteiger partial charge in [0.1, 0.15) is 12.4 Å². The average molecular weight is 433 g/mol. The third-order valence-electron chi connectivity index (χ3n) is 5.77. The van der Waals surface area contributed by atoms with Gasteiger partial charge in [-0.2, -0.15) is 0 Å². The van der Waals surface area contributed by atoms with Gasteiger partial charge in [0.25, 0.3) is 0 Å². The number of ether oxygens (including phenoxy) is 1. The number of nitrogens with zero attached hydrogens (tertiary/aromatic N) is 1. The topological polar surface area (TPSA) is 66.8 Å². The summed E-state index contributed by atoms with van der Waals surface area (Å²) < 4.78 is 20.1. The number of hydrogen-bond donors (Lipinski definition) is 1. The van der Waals surface area contributed by atoms with Crippen molar-refractivity contribution >= 4 is 12.1 Å². The fraction of sp³-hybridized carbons (Fsp3) is 0.231. The summed E-state index contributed by atoms with van der Waals surface area (Å²) in [4.78, 5) is 25.4. The van der Waals surface area contributed by atoms with Crippen molar-refractivity contribution in [2.24, 2.45) is 0 Å². The molecule has 1 aliphatic heterocycles. The molecule has 0 saturated heterocycles. The van der Waals surface area contributed by atoms with E-state index in [0.717, 1.165) is 27.8 Å². The van der Waals surface area contributed by atoms with Crippen molar-refractivity contribution in [3.8, 4) is 11.1 Å². The van der Waals surface area contributed by atoms with Gasteiger partial charge in [0.05, 0.1) is 6.42 Å². The minimum absolute atomic E-state index is 0.0887. The van der Waals surface area contributed by atoms with E-state index in [-0.39, 0.29) is 25.4 Å². The molecule has 0 unspecified atom stereocenters. The number of hydrogen-bond acceptors (Lipinski definition) is 3. The molecule has 32 heavy (non-hydrogen) atoms. The van der Waals surface area contributed by atoms with Crippen LogP contribution in [0.15, 0.2) is 60.7 Å². The molecule has 1 heterocycles. The lowest BCUT2D eigenvalue weighted by Crippen LogP contribution is -2.37. The first kappa shape index (κ1) is 21.6. The SMILES string of the molecule is Cc1ccc(CC(=O)O)cc1-c1ccc(F)c2c1CN(C(=O)OCc1ccccc1)CC2. The maximum absolute atomic E-state index is 14.6. The van der Waals surface area contributed by atoms with Crippen LogP contribution in [0, 0.1) is 12.7 Å². The summed E-state index contributed by atoms with van der Waals surface area (Å²) in [6, 6.07) is 18.1. The maximum Gasteiger partial charge on any atom is 0.410 e. The van der Waals surface area contributed by atoms with Crippen LogP contribution in [0.5, 0.6) is 0 Å². The van der Waals surface area contributed by atoms with Crippen LogP contribution in [0.2, 0.25) is 0 Å². The summed E-state index contributed by atoms with van der Waals surface area (Å²) in [6.07, 6.45) is -0.135. The molecule has 1 N–H and O–H groups in total. The molecule has 3 aromatic rings. The number of aryl methyl sites for hydroxylation is 1. The Morgan fingerprint density at radius 2 is 1.78 bits per heavy atom. The van der Waals surface area contributed by atoms with Crippen molar-refractivity contribution < 1.29 is 23.8 Å². The number of carbonyl (C=O) groups excluding carboxylic acids is 1. The van der Waals surface area contributed by atoms with Crippen LogP contribution in [0.4, 0.5) is 9.18 Å². The molecule has 0 fully saturated rings. The minimum Gasteiger partial charge on any atom is -0.481 e. The number of carbonyl (C=O) groups is 2. The number of fused-ring (bicyclic) bond motifs is 1. The Labute approximate surface area is 186 Å². The van der Waals surface area contributed by atoms with Gasteiger partial charge in [-0.3, -0.25) is 4.79 Å². The van der Waals surface area contributed by atoms with Crippen LogP contribution in [0.25, 0.3) is 11.1 Å². The molecule has 0 radical (unpaired) electrons. The predicted octanol–water partition coefficient (Wildman–Crippen LogP) is 5.12. The lowest BCUT2D eigenvalue weighted by Gasteiger charge is -2.30. The zero-order valence-corrected chi connectivity index (χ0v) is 17.8. The summed E-state index contributed by atoms with van der Waals surface area (Å²) in [6.45, 7) is 2.72. The molecule has 5 nitrogen and oxygen atoms in total. The summed E-state index contributed by atoms with van der Waals surface area (Å²) in [5, 5.41) is 9.15. The molecule has 0 atom stereocenters. The van der Waals surface area contributed by atoms with E-state index in [1.165, 1.54) is 6.07 Å². The minimum atomic E-state index is -0.909. The summed E-state index contributed by atoms with van der Waals surface area (Å²) in [7, 11) is 0. The molecular weight excluding hydrogens is 409 g/mol. The molecule has 0 aromatic heterocycles. The molecule has 0 bridgehead atoms. The highest BCUT2D eigenvalue weighted by Gasteiger charge is 2.27. The molecule has 3 aromatic carbocycles. The van der Waals surface area contributed by atoms with E-state index < -0.39 is 12.1 Å². The number of carboxylic acids is 1. The maximum atomic E-state index is 14.6. The van der Waals surface area contributed by atoms with Gasteiger partial charge in [0.2, 0.25) is 0 Å². The van der Waals surface area contributed by atoms with E-state index in [9.17, 15) is 14.0 Å². The number of benzene rings is 3. The van der Waals surface area contributed by atoms with Crippen molar-refractivity contribution in [3.05, 3.63) is 94.3 Å². The van der Waals surface area contributed by atoms with Crippen molar-refractivity contribution in [2.75, 3.05) is 6.54 Å². The Balaban J connectivity index is 1.61. The lowest BCUT2D eigenvalue weighted by molar-refractivity contribution is -0.136. The van der Waals surface area contributed by atoms with Gasteiger partial charge < -0.3 is 14.7 Å². The van der Waals surface area contributed by atoms with Gasteiger partial charge in [0, 0.05) is 13.1 Å². The Morgan fingerprint density at radius 1 is 1.00 bits per heavy atom. The Morgan fingerprint density at radius 3 is 2.53 bits per heavy atom. The van der Waals surface area contributed by atoms with Crippen molar-refractivity contribution in [1.29, 1.82) is 0 Å². The molecular formula is C26H24FNO4. The predicted molar refractivity (Wildman–Crippen MR) is 119 cm³/mol. The Bertz CT molecular complexity index is 1160. The first-order chi connectivity index (χ1) is 15.4. The van der Waals surface area contributed by atoms with Crippen molar-refractivity contribution in [1.82, 2.24) is 4.90 Å². The number of rotatable bonds is 5. The molecule has 6 heteroatoms. The highest BCUT2D eigenvalue weighted by molar-refractivity contribution is 5.76. The first-order valence-corrected chi connectivity index (χ1v) is 10.5. The lowest BCUT2D eigenvalue weighted by atomic mass is 9.88. The molecule has 0 spiro atoms. The van der Waals surface area contributed by atoms with Crippen LogP contribution in [-0.4, -0.2) is 28.6 Å². The van der Waals surface area contributed by atoms with Gasteiger partial charge in [-0.25, -0.2) is 9.18 Å². The second-order valence-corrected chi connectivity index (χ2v) is 7.98. The fourth-order valence-corrected chi connectivity index (χ4v) is 4.09. The quantitative estimate of drug-likeness (QED) is 0.606. The zero-order chi connectivity index (χ0) is 22.7. The fourth-order valence-electron chi connectivity index (χ4n) is 4.09. The smallest absolute Gasteiger partial charge is 0.410 e. The van der Waals surface area contributed by atoms with Gasteiger partial charge in [-0.1, -0.05) is 54.6 Å². The normalized spacial score (nSPS) is 12.9. The molecule has 1 aliphatic rings. The summed E-state index contributed by atoms with van der Waals surface area (Å²) in [5.41, 5.74) is 5.52. The largest absolute Gasteiger partial charge is 0.481 e. The third kappa shape index (κ3) is 4.64. The van der Waals surface area contributed by atoms with E-state index >= 15 is 0 Å². The third-order valence-corrected chi connectivity index (χ3v) is 5.77. The second-order valence-electron chi connectivity index (χ2n) is 7.98. The van der Waals surface area contributed by atoms with Crippen molar-refractivity contribution in [2.45, 2.75) is 32.9 Å². The zero-order valence-electron chi connectivity index (χ0n) is 17.8. The molecule has 164 valence electrons. The number of carboxylic acid groups (broad SMARTS) is 1. The summed E-state index contributed by atoms with van der Waals surface area (Å²) in [5.74, 6) is -1.20. The van der Waals surface area contributed by atoms with Gasteiger partial charge in [0.15, 0.2) is 0 Å². The monoisotopic (exact) mass is 433 g/mol. The van der Waals surface area contributed by atoms with Crippen molar-refractivity contribution in [3.63, 3.8) is 0 Å². The van der Waals surface area contributed by atoms with Gasteiger partial charge in [-0.15, -0.1) is 0 Å². The van der Waals surface area contributed by atoms with E-state index in [0.29, 0.717) is 24.1 Å². The molecule has 0 saturated carbocycles. The van der Waals surface area contributed by atoms with E-state index in [1.54, 1.807) is 17.0 Å². The second kappa shape index (κ2) is 9.22. The number of amides is 1. The van der Waals surface area contributed by atoms with Crippen LogP contribution >= 0.6 is 0 Å². The standard InChI is InChI=1S/C26H24FNO4/c1-17-7-8-19(14-25(29)30)13-22(17)20-9-10-24(27)21-11-12-28(15-23(20)21)26(31)32-16-18-5-3-2-4-6-18/h2-10,13H,11-12,14-16H2,1H3,(H,29,30). The Kier molecular flexibility index (Phi) is 6.21. The number of halogens is 1. The highest BCUT2D eigenvalue weighted by Crippen LogP contribution is 2.34. The molecule has 1 amide bonds. The van der Waals surface area contributed by atoms with E-state index in [1.807, 2.05) is 49.4 Å². The van der Waals surface area contributed by atoms with Crippen LogP contribution in [0.1, 0.15) is 27.8 Å².